The molecule has 0 saturated carbocycles. The maximum Gasteiger partial charge on any atom is 0.252 e. The first-order chi connectivity index (χ1) is 17.9. The van der Waals surface area contributed by atoms with Crippen molar-refractivity contribution in [3.63, 3.8) is 0 Å². The molecule has 1 amide bonds. The molecule has 0 aliphatic heterocycles. The predicted octanol–water partition coefficient (Wildman–Crippen LogP) is 6.11. The Bertz CT molecular complexity index is 1350. The first kappa shape index (κ1) is 26.1. The van der Waals surface area contributed by atoms with Crippen LogP contribution >= 0.6 is 0 Å². The number of ether oxygens (including phenoxy) is 3. The van der Waals surface area contributed by atoms with Crippen molar-refractivity contribution in [2.75, 3.05) is 21.3 Å². The van der Waals surface area contributed by atoms with E-state index in [0.717, 1.165) is 23.3 Å². The first-order valence-corrected chi connectivity index (χ1v) is 12.5. The van der Waals surface area contributed by atoms with Gasteiger partial charge in [0.2, 0.25) is 5.75 Å². The molecule has 1 heterocycles. The molecular weight excluding hydrogens is 466 g/mol. The summed E-state index contributed by atoms with van der Waals surface area (Å²) in [5, 5.41) is 3.10. The van der Waals surface area contributed by atoms with E-state index in [1.807, 2.05) is 25.1 Å². The Labute approximate surface area is 218 Å². The number of para-hydroxylation sites is 2. The van der Waals surface area contributed by atoms with Crippen LogP contribution in [-0.4, -0.2) is 36.8 Å². The topological polar surface area (TPSA) is 74.6 Å². The van der Waals surface area contributed by atoms with Crippen LogP contribution in [0.5, 0.6) is 17.2 Å². The van der Waals surface area contributed by atoms with Crippen LogP contribution in [0.2, 0.25) is 0 Å². The lowest BCUT2D eigenvalue weighted by atomic mass is 9.97. The van der Waals surface area contributed by atoms with E-state index in [4.69, 9.17) is 19.2 Å². The van der Waals surface area contributed by atoms with Crippen LogP contribution in [0.1, 0.15) is 66.5 Å². The molecule has 0 bridgehead atoms. The highest BCUT2D eigenvalue weighted by Gasteiger charge is 2.22. The molecule has 7 heteroatoms. The summed E-state index contributed by atoms with van der Waals surface area (Å²) in [4.78, 5) is 18.2. The van der Waals surface area contributed by atoms with Gasteiger partial charge in [0.05, 0.1) is 38.4 Å². The number of imidazole rings is 1. The highest BCUT2D eigenvalue weighted by atomic mass is 16.5. The van der Waals surface area contributed by atoms with E-state index in [1.165, 1.54) is 32.5 Å². The number of aromatic nitrogens is 2. The quantitative estimate of drug-likeness (QED) is 0.284. The number of amides is 1. The fraction of sp³-hybridized carbons (Fsp3) is 0.333. The number of rotatable bonds is 10. The number of nitrogens with one attached hydrogen (secondary N) is 1. The van der Waals surface area contributed by atoms with Crippen LogP contribution < -0.4 is 19.5 Å². The van der Waals surface area contributed by atoms with Crippen molar-refractivity contribution >= 4 is 16.9 Å². The minimum absolute atomic E-state index is 0.261. The van der Waals surface area contributed by atoms with Gasteiger partial charge in [-0.2, -0.15) is 0 Å². The molecule has 1 aromatic heterocycles. The van der Waals surface area contributed by atoms with Crippen molar-refractivity contribution in [2.24, 2.45) is 0 Å². The van der Waals surface area contributed by atoms with Gasteiger partial charge < -0.3 is 24.1 Å². The van der Waals surface area contributed by atoms with Gasteiger partial charge >= 0.3 is 0 Å². The average molecular weight is 502 g/mol. The second kappa shape index (κ2) is 11.4. The van der Waals surface area contributed by atoms with Gasteiger partial charge in [0.25, 0.3) is 5.91 Å². The lowest BCUT2D eigenvalue weighted by Crippen LogP contribution is -2.29. The van der Waals surface area contributed by atoms with Gasteiger partial charge in [-0.05, 0) is 54.7 Å². The van der Waals surface area contributed by atoms with E-state index < -0.39 is 0 Å². The molecule has 1 N–H and O–H groups in total. The summed E-state index contributed by atoms with van der Waals surface area (Å²) in [6, 6.07) is 19.8. The molecule has 0 aliphatic carbocycles. The fourth-order valence-corrected chi connectivity index (χ4v) is 4.52. The van der Waals surface area contributed by atoms with Crippen LogP contribution in [0.25, 0.3) is 11.0 Å². The van der Waals surface area contributed by atoms with Crippen LogP contribution in [0.4, 0.5) is 0 Å². The van der Waals surface area contributed by atoms with Gasteiger partial charge in [-0.15, -0.1) is 0 Å². The van der Waals surface area contributed by atoms with Crippen molar-refractivity contribution in [1.82, 2.24) is 14.9 Å². The molecule has 3 aromatic carbocycles. The number of carbonyl (C=O) groups excluding carboxylic acids is 1. The monoisotopic (exact) mass is 501 g/mol. The standard InChI is InChI=1S/C30H35N3O4/c1-7-19(2)22-14-12-21(13-15-22)18-33-25-11-9-8-10-24(25)32-29(33)20(3)31-30(34)23-16-26(35-4)28(37-6)27(17-23)36-5/h8-17,19-20H,7,18H2,1-6H3,(H,31,34). The van der Waals surface area contributed by atoms with E-state index in [9.17, 15) is 4.79 Å². The van der Waals surface area contributed by atoms with Crippen molar-refractivity contribution in [3.8, 4) is 17.2 Å². The van der Waals surface area contributed by atoms with Gasteiger partial charge in [0, 0.05) is 12.1 Å². The van der Waals surface area contributed by atoms with Crippen molar-refractivity contribution in [2.45, 2.75) is 45.7 Å². The van der Waals surface area contributed by atoms with Gasteiger partial charge in [-0.25, -0.2) is 4.98 Å². The summed E-state index contributed by atoms with van der Waals surface area (Å²) in [6.45, 7) is 7.05. The molecule has 4 aromatic rings. The molecule has 2 atom stereocenters. The molecule has 2 unspecified atom stereocenters. The SMILES string of the molecule is CCC(C)c1ccc(Cn2c(C(C)NC(=O)c3cc(OC)c(OC)c(OC)c3)nc3ccccc32)cc1. The Hall–Kier alpha value is -4.00. The third-order valence-electron chi connectivity index (χ3n) is 6.85. The molecule has 4 rings (SSSR count). The van der Waals surface area contributed by atoms with Crippen LogP contribution in [-0.2, 0) is 6.54 Å². The van der Waals surface area contributed by atoms with E-state index in [2.05, 4.69) is 54.1 Å². The number of methoxy groups -OCH3 is 3. The third-order valence-corrected chi connectivity index (χ3v) is 6.85. The van der Waals surface area contributed by atoms with Gasteiger partial charge in [-0.1, -0.05) is 50.2 Å². The third kappa shape index (κ3) is 5.40. The number of hydrogen-bond acceptors (Lipinski definition) is 5. The van der Waals surface area contributed by atoms with Gasteiger partial charge in [0.15, 0.2) is 11.5 Å². The molecule has 0 radical (unpaired) electrons. The van der Waals surface area contributed by atoms with E-state index in [0.29, 0.717) is 35.3 Å². The van der Waals surface area contributed by atoms with Gasteiger partial charge in [0.1, 0.15) is 5.82 Å². The maximum absolute atomic E-state index is 13.3. The van der Waals surface area contributed by atoms with Crippen LogP contribution in [0.15, 0.2) is 60.7 Å². The molecule has 0 fully saturated rings. The molecule has 0 spiro atoms. The predicted molar refractivity (Wildman–Crippen MR) is 146 cm³/mol. The zero-order chi connectivity index (χ0) is 26.5. The van der Waals surface area contributed by atoms with Crippen molar-refractivity contribution in [1.29, 1.82) is 0 Å². The highest BCUT2D eigenvalue weighted by Crippen LogP contribution is 2.38. The van der Waals surface area contributed by atoms with E-state index >= 15 is 0 Å². The van der Waals surface area contributed by atoms with Crippen molar-refractivity contribution < 1.29 is 19.0 Å². The Morgan fingerprint density at radius 1 is 0.946 bits per heavy atom. The minimum atomic E-state index is -0.349. The maximum atomic E-state index is 13.3. The van der Waals surface area contributed by atoms with Crippen LogP contribution in [0, 0.1) is 0 Å². The summed E-state index contributed by atoms with van der Waals surface area (Å²) in [6.07, 6.45) is 1.11. The Morgan fingerprint density at radius 3 is 2.19 bits per heavy atom. The zero-order valence-electron chi connectivity index (χ0n) is 22.4. The summed E-state index contributed by atoms with van der Waals surface area (Å²) >= 11 is 0. The Kier molecular flexibility index (Phi) is 8.01. The number of hydrogen-bond donors (Lipinski definition) is 1. The molecule has 37 heavy (non-hydrogen) atoms. The Morgan fingerprint density at radius 2 is 1.59 bits per heavy atom. The Balaban J connectivity index is 1.64. The normalized spacial score (nSPS) is 12.7. The zero-order valence-corrected chi connectivity index (χ0v) is 22.4. The number of benzene rings is 3. The van der Waals surface area contributed by atoms with Crippen LogP contribution in [0.3, 0.4) is 0 Å². The minimum Gasteiger partial charge on any atom is -0.493 e. The summed E-state index contributed by atoms with van der Waals surface area (Å²) in [5.41, 5.74) is 4.84. The summed E-state index contributed by atoms with van der Waals surface area (Å²) in [5.74, 6) is 2.34. The summed E-state index contributed by atoms with van der Waals surface area (Å²) < 4.78 is 18.4. The molecule has 7 nitrogen and oxygen atoms in total. The highest BCUT2D eigenvalue weighted by molar-refractivity contribution is 5.96. The molecule has 194 valence electrons. The number of nitrogens with zero attached hydrogens (tertiary/aromatic N) is 2. The van der Waals surface area contributed by atoms with E-state index in [-0.39, 0.29) is 11.9 Å². The lowest BCUT2D eigenvalue weighted by Gasteiger charge is -2.18. The van der Waals surface area contributed by atoms with E-state index in [1.54, 1.807) is 12.1 Å². The average Bonchev–Trinajstić information content (AvgIpc) is 3.30. The van der Waals surface area contributed by atoms with Gasteiger partial charge in [-0.3, -0.25) is 4.79 Å². The summed E-state index contributed by atoms with van der Waals surface area (Å²) in [7, 11) is 4.59. The first-order valence-electron chi connectivity index (χ1n) is 12.5. The molecular formula is C30H35N3O4. The lowest BCUT2D eigenvalue weighted by molar-refractivity contribution is 0.0937. The number of carbonyl (C=O) groups is 1. The smallest absolute Gasteiger partial charge is 0.252 e. The molecule has 0 aliphatic rings. The van der Waals surface area contributed by atoms with Crippen molar-refractivity contribution in [3.05, 3.63) is 83.2 Å². The second-order valence-electron chi connectivity index (χ2n) is 9.20. The number of fused-ring (bicyclic) bond motifs is 1. The molecule has 0 saturated heterocycles. The second-order valence-corrected chi connectivity index (χ2v) is 9.20. The largest absolute Gasteiger partial charge is 0.493 e. The fourth-order valence-electron chi connectivity index (χ4n) is 4.52.